The number of benzene rings is 1. The molecule has 11 heteroatoms. The van der Waals surface area contributed by atoms with E-state index in [1.165, 1.54) is 6.07 Å². The Balaban J connectivity index is 2.61. The number of rotatable bonds is 5. The molecule has 0 unspecified atom stereocenters. The molecule has 1 heterocycles. The van der Waals surface area contributed by atoms with Crippen LogP contribution in [0.25, 0.3) is 0 Å². The smallest absolute Gasteiger partial charge is 0.341 e. The van der Waals surface area contributed by atoms with Crippen LogP contribution in [-0.2, 0) is 24.7 Å². The molecular formula is C12H13F2NO6S2. The fourth-order valence-corrected chi connectivity index (χ4v) is 5.59. The maximum Gasteiger partial charge on any atom is 0.341 e. The molecule has 1 atom stereocenters. The molecule has 0 aliphatic carbocycles. The Kier molecular flexibility index (Phi) is 4.74. The molecule has 0 spiro atoms. The first-order valence-corrected chi connectivity index (χ1v) is 9.44. The molecular weight excluding hydrogens is 356 g/mol. The van der Waals surface area contributed by atoms with Gasteiger partial charge < -0.3 is 5.11 Å². The Morgan fingerprint density at radius 3 is 2.26 bits per heavy atom. The van der Waals surface area contributed by atoms with E-state index in [0.29, 0.717) is 4.31 Å². The molecule has 0 amide bonds. The fraction of sp³-hybridized carbons (Fsp3) is 0.417. The number of hydrogen-bond donors (Lipinski definition) is 1. The van der Waals surface area contributed by atoms with Gasteiger partial charge in [0.05, 0.1) is 4.90 Å². The molecule has 1 aliphatic heterocycles. The number of carbonyl (C=O) groups is 1. The van der Waals surface area contributed by atoms with Crippen molar-refractivity contribution in [3.63, 3.8) is 0 Å². The zero-order valence-corrected chi connectivity index (χ0v) is 13.2. The zero-order chi connectivity index (χ0) is 17.4. The van der Waals surface area contributed by atoms with E-state index in [-0.39, 0.29) is 19.4 Å². The van der Waals surface area contributed by atoms with Gasteiger partial charge in [-0.25, -0.2) is 16.8 Å². The van der Waals surface area contributed by atoms with E-state index in [2.05, 4.69) is 0 Å². The summed E-state index contributed by atoms with van der Waals surface area (Å²) in [6, 6.07) is 2.60. The predicted octanol–water partition coefficient (Wildman–Crippen LogP) is 0.921. The van der Waals surface area contributed by atoms with E-state index >= 15 is 0 Å². The average Bonchev–Trinajstić information content (AvgIpc) is 2.97. The third-order valence-electron chi connectivity index (χ3n) is 3.47. The van der Waals surface area contributed by atoms with Gasteiger partial charge in [0.25, 0.3) is 0 Å². The van der Waals surface area contributed by atoms with Crippen LogP contribution in [0.1, 0.15) is 12.8 Å². The molecule has 0 bridgehead atoms. The Labute approximate surface area is 131 Å². The predicted molar refractivity (Wildman–Crippen MR) is 74.2 cm³/mol. The molecule has 0 saturated carbocycles. The minimum Gasteiger partial charge on any atom is -0.480 e. The summed E-state index contributed by atoms with van der Waals surface area (Å²) in [5.74, 6) is -5.16. The van der Waals surface area contributed by atoms with Crippen molar-refractivity contribution in [1.82, 2.24) is 4.31 Å². The monoisotopic (exact) mass is 369 g/mol. The van der Waals surface area contributed by atoms with Crippen molar-refractivity contribution in [1.29, 1.82) is 0 Å². The van der Waals surface area contributed by atoms with E-state index < -0.39 is 47.4 Å². The van der Waals surface area contributed by atoms with E-state index in [9.17, 15) is 30.4 Å². The first-order chi connectivity index (χ1) is 10.6. The fourth-order valence-electron chi connectivity index (χ4n) is 2.40. The molecule has 1 saturated heterocycles. The number of sulfone groups is 1. The van der Waals surface area contributed by atoms with Gasteiger partial charge in [0, 0.05) is 6.54 Å². The number of alkyl halides is 2. The van der Waals surface area contributed by atoms with Gasteiger partial charge in [0.15, 0.2) is 0 Å². The van der Waals surface area contributed by atoms with Crippen molar-refractivity contribution in [2.75, 3.05) is 6.54 Å². The van der Waals surface area contributed by atoms with E-state index in [4.69, 9.17) is 5.11 Å². The quantitative estimate of drug-likeness (QED) is 0.827. The van der Waals surface area contributed by atoms with Crippen LogP contribution in [0.15, 0.2) is 34.1 Å². The molecule has 0 radical (unpaired) electrons. The number of nitrogens with zero attached hydrogens (tertiary/aromatic N) is 1. The first-order valence-electron chi connectivity index (χ1n) is 6.46. The maximum absolute atomic E-state index is 12.8. The number of halogens is 2. The lowest BCUT2D eigenvalue weighted by Crippen LogP contribution is -2.40. The van der Waals surface area contributed by atoms with Crippen molar-refractivity contribution in [2.45, 2.75) is 34.4 Å². The van der Waals surface area contributed by atoms with Gasteiger partial charge in [-0.2, -0.15) is 13.1 Å². The van der Waals surface area contributed by atoms with Crippen molar-refractivity contribution in [3.8, 4) is 0 Å². The number of carboxylic acid groups (broad SMARTS) is 1. The lowest BCUT2D eigenvalue weighted by atomic mass is 10.2. The van der Waals surface area contributed by atoms with Crippen LogP contribution < -0.4 is 0 Å². The van der Waals surface area contributed by atoms with Gasteiger partial charge in [0.2, 0.25) is 19.9 Å². The summed E-state index contributed by atoms with van der Waals surface area (Å²) >= 11 is 0. The van der Waals surface area contributed by atoms with Gasteiger partial charge in [-0.15, -0.1) is 0 Å². The van der Waals surface area contributed by atoms with Crippen molar-refractivity contribution >= 4 is 25.8 Å². The molecule has 2 rings (SSSR count). The Bertz CT molecular complexity index is 822. The maximum atomic E-state index is 12.8. The summed E-state index contributed by atoms with van der Waals surface area (Å²) in [4.78, 5) is 9.26. The summed E-state index contributed by atoms with van der Waals surface area (Å²) in [6.07, 6.45) is 0.346. The Hall–Kier alpha value is -1.59. The molecule has 1 aromatic rings. The lowest BCUT2D eigenvalue weighted by molar-refractivity contribution is -0.140. The van der Waals surface area contributed by atoms with Crippen LogP contribution in [0.2, 0.25) is 0 Å². The van der Waals surface area contributed by atoms with Crippen molar-refractivity contribution in [2.24, 2.45) is 0 Å². The van der Waals surface area contributed by atoms with Crippen LogP contribution in [0, 0.1) is 0 Å². The second-order valence-corrected chi connectivity index (χ2v) is 8.61. The number of sulfonamides is 1. The Morgan fingerprint density at radius 1 is 1.17 bits per heavy atom. The molecule has 1 fully saturated rings. The van der Waals surface area contributed by atoms with Gasteiger partial charge >= 0.3 is 11.7 Å². The second kappa shape index (κ2) is 6.13. The second-order valence-electron chi connectivity index (χ2n) is 4.86. The van der Waals surface area contributed by atoms with Gasteiger partial charge in [-0.05, 0) is 25.0 Å². The largest absolute Gasteiger partial charge is 0.480 e. The molecule has 1 aliphatic rings. The molecule has 1 aromatic carbocycles. The SMILES string of the molecule is O=C(O)[C@@H]1CCCN1S(=O)(=O)c1ccccc1S(=O)(=O)C(F)F. The molecule has 0 aromatic heterocycles. The molecule has 23 heavy (non-hydrogen) atoms. The van der Waals surface area contributed by atoms with Gasteiger partial charge in [-0.1, -0.05) is 12.1 Å². The summed E-state index contributed by atoms with van der Waals surface area (Å²) in [5.41, 5.74) is 0. The summed E-state index contributed by atoms with van der Waals surface area (Å²) < 4.78 is 74.7. The summed E-state index contributed by atoms with van der Waals surface area (Å²) in [5, 5.41) is 9.07. The summed E-state index contributed by atoms with van der Waals surface area (Å²) in [7, 11) is -9.68. The van der Waals surface area contributed by atoms with E-state index in [1.807, 2.05) is 0 Å². The highest BCUT2D eigenvalue weighted by Crippen LogP contribution is 2.31. The highest BCUT2D eigenvalue weighted by atomic mass is 32.2. The summed E-state index contributed by atoms with van der Waals surface area (Å²) in [6.45, 7) is -0.123. The van der Waals surface area contributed by atoms with Gasteiger partial charge in [-0.3, -0.25) is 4.79 Å². The number of carboxylic acids is 1. The topological polar surface area (TPSA) is 109 Å². The highest BCUT2D eigenvalue weighted by Gasteiger charge is 2.42. The zero-order valence-electron chi connectivity index (χ0n) is 11.6. The third kappa shape index (κ3) is 3.08. The number of aliphatic carboxylic acids is 1. The average molecular weight is 369 g/mol. The van der Waals surface area contributed by atoms with Crippen LogP contribution in [-0.4, -0.2) is 50.6 Å². The normalized spacial score (nSPS) is 20.0. The number of hydrogen-bond acceptors (Lipinski definition) is 5. The van der Waals surface area contributed by atoms with E-state index in [0.717, 1.165) is 18.2 Å². The van der Waals surface area contributed by atoms with Crippen LogP contribution in [0.3, 0.4) is 0 Å². The highest BCUT2D eigenvalue weighted by molar-refractivity contribution is 7.93. The molecule has 7 nitrogen and oxygen atoms in total. The lowest BCUT2D eigenvalue weighted by Gasteiger charge is -2.22. The minimum atomic E-state index is -5.14. The standard InChI is InChI=1S/C12H13F2NO6S2/c13-12(14)22(18,19)9-5-1-2-6-10(9)23(20,21)15-7-3-4-8(15)11(16)17/h1-2,5-6,8,12H,3-4,7H2,(H,16,17)/t8-/m0/s1. The molecule has 128 valence electrons. The van der Waals surface area contributed by atoms with Gasteiger partial charge in [0.1, 0.15) is 10.9 Å². The first kappa shape index (κ1) is 17.8. The molecule has 1 N–H and O–H groups in total. The van der Waals surface area contributed by atoms with Crippen molar-refractivity contribution < 1.29 is 35.5 Å². The van der Waals surface area contributed by atoms with E-state index in [1.54, 1.807) is 0 Å². The third-order valence-corrected chi connectivity index (χ3v) is 7.00. The Morgan fingerprint density at radius 2 is 1.74 bits per heavy atom. The van der Waals surface area contributed by atoms with Crippen LogP contribution in [0.5, 0.6) is 0 Å². The minimum absolute atomic E-state index is 0.0678. The van der Waals surface area contributed by atoms with Crippen LogP contribution in [0.4, 0.5) is 8.78 Å². The van der Waals surface area contributed by atoms with Crippen molar-refractivity contribution in [3.05, 3.63) is 24.3 Å². The van der Waals surface area contributed by atoms with Crippen LogP contribution >= 0.6 is 0 Å².